The van der Waals surface area contributed by atoms with Gasteiger partial charge >= 0.3 is 0 Å². The molecule has 2 nitrogen and oxygen atoms in total. The third-order valence-corrected chi connectivity index (χ3v) is 4.06. The van der Waals surface area contributed by atoms with Gasteiger partial charge in [-0.2, -0.15) is 0 Å². The van der Waals surface area contributed by atoms with Gasteiger partial charge in [0.15, 0.2) is 5.78 Å². The lowest BCUT2D eigenvalue weighted by atomic mass is 9.74. The third kappa shape index (κ3) is 3.61. The van der Waals surface area contributed by atoms with Gasteiger partial charge in [-0.25, -0.2) is 0 Å². The number of rotatable bonds is 4. The first-order chi connectivity index (χ1) is 9.39. The second-order valence-corrected chi connectivity index (χ2v) is 7.75. The summed E-state index contributed by atoms with van der Waals surface area (Å²) >= 11 is 0. The molecule has 0 fully saturated rings. The summed E-state index contributed by atoms with van der Waals surface area (Å²) in [7, 11) is 0. The van der Waals surface area contributed by atoms with E-state index >= 15 is 0 Å². The first-order valence-electron chi connectivity index (χ1n) is 7.59. The molecule has 0 atom stereocenters. The number of carbonyl (C=O) groups is 2. The molecule has 2 heteroatoms. The van der Waals surface area contributed by atoms with E-state index < -0.39 is 5.41 Å². The Kier molecular flexibility index (Phi) is 4.82. The lowest BCUT2D eigenvalue weighted by Crippen LogP contribution is -2.37. The minimum Gasteiger partial charge on any atom is -0.298 e. The van der Waals surface area contributed by atoms with Crippen molar-refractivity contribution in [3.8, 4) is 0 Å². The quantitative estimate of drug-likeness (QED) is 0.593. The van der Waals surface area contributed by atoms with Crippen LogP contribution in [-0.4, -0.2) is 11.6 Å². The second kappa shape index (κ2) is 5.75. The van der Waals surface area contributed by atoms with Crippen molar-refractivity contribution in [2.24, 2.45) is 11.3 Å². The van der Waals surface area contributed by atoms with Crippen LogP contribution in [0.1, 0.15) is 70.0 Å². The molecule has 0 aliphatic carbocycles. The fourth-order valence-corrected chi connectivity index (χ4v) is 2.50. The van der Waals surface area contributed by atoms with Crippen LogP contribution in [-0.2, 0) is 10.2 Å². The molecule has 0 saturated carbocycles. The van der Waals surface area contributed by atoms with Gasteiger partial charge in [0.2, 0.25) is 0 Å². The van der Waals surface area contributed by atoms with E-state index in [1.54, 1.807) is 13.8 Å². The molecule has 0 aliphatic rings. The standard InChI is InChI=1S/C19H28O2/c1-12(2)16(20)19(7,8)17(21)15-11-14(18(4,5)6)10-9-13(15)3/h9-12H,1-8H3. The molecule has 0 saturated heterocycles. The predicted octanol–water partition coefficient (Wildman–Crippen LogP) is 4.73. The minimum atomic E-state index is -0.977. The summed E-state index contributed by atoms with van der Waals surface area (Å²) in [5.41, 5.74) is 1.72. The smallest absolute Gasteiger partial charge is 0.176 e. The largest absolute Gasteiger partial charge is 0.298 e. The number of ketones is 2. The van der Waals surface area contributed by atoms with Crippen LogP contribution in [0.4, 0.5) is 0 Å². The van der Waals surface area contributed by atoms with Crippen molar-refractivity contribution in [1.29, 1.82) is 0 Å². The molecule has 0 bridgehead atoms. The molecule has 21 heavy (non-hydrogen) atoms. The van der Waals surface area contributed by atoms with Crippen molar-refractivity contribution < 1.29 is 9.59 Å². The molecule has 1 aromatic carbocycles. The number of benzene rings is 1. The molecule has 0 radical (unpaired) electrons. The van der Waals surface area contributed by atoms with Gasteiger partial charge in [-0.05, 0) is 43.4 Å². The zero-order valence-corrected chi connectivity index (χ0v) is 14.6. The fourth-order valence-electron chi connectivity index (χ4n) is 2.50. The highest BCUT2D eigenvalue weighted by atomic mass is 16.2. The topological polar surface area (TPSA) is 34.1 Å². The summed E-state index contributed by atoms with van der Waals surface area (Å²) in [4.78, 5) is 25.2. The third-order valence-electron chi connectivity index (χ3n) is 4.06. The summed E-state index contributed by atoms with van der Waals surface area (Å²) in [6.07, 6.45) is 0. The Labute approximate surface area is 128 Å². The van der Waals surface area contributed by atoms with E-state index in [1.807, 2.05) is 32.9 Å². The van der Waals surface area contributed by atoms with Gasteiger partial charge in [0.25, 0.3) is 0 Å². The molecule has 0 heterocycles. The average Bonchev–Trinajstić information content (AvgIpc) is 2.35. The minimum absolute atomic E-state index is 0.00642. The highest BCUT2D eigenvalue weighted by molar-refractivity contribution is 6.15. The van der Waals surface area contributed by atoms with Crippen LogP contribution in [0, 0.1) is 18.3 Å². The first-order valence-corrected chi connectivity index (χ1v) is 7.59. The van der Waals surface area contributed by atoms with Crippen LogP contribution in [0.25, 0.3) is 0 Å². The number of Topliss-reactive ketones (excluding diaryl/α,β-unsaturated/α-hetero) is 2. The zero-order valence-electron chi connectivity index (χ0n) is 14.6. The molecule has 0 spiro atoms. The monoisotopic (exact) mass is 288 g/mol. The highest BCUT2D eigenvalue weighted by Gasteiger charge is 2.38. The molecular formula is C19H28O2. The zero-order chi connectivity index (χ0) is 16.6. The summed E-state index contributed by atoms with van der Waals surface area (Å²) in [5.74, 6) is -0.229. The average molecular weight is 288 g/mol. The molecule has 0 aliphatic heterocycles. The second-order valence-electron chi connectivity index (χ2n) is 7.75. The van der Waals surface area contributed by atoms with Gasteiger partial charge in [-0.1, -0.05) is 46.8 Å². The summed E-state index contributed by atoms with van der Waals surface area (Å²) < 4.78 is 0. The lowest BCUT2D eigenvalue weighted by Gasteiger charge is -2.26. The van der Waals surface area contributed by atoms with Crippen molar-refractivity contribution in [3.05, 3.63) is 34.9 Å². The van der Waals surface area contributed by atoms with Gasteiger partial charge in [0.05, 0.1) is 5.41 Å². The Bertz CT molecular complexity index is 557. The molecule has 0 aromatic heterocycles. The molecule has 0 amide bonds. The van der Waals surface area contributed by atoms with Crippen molar-refractivity contribution >= 4 is 11.6 Å². The molecule has 116 valence electrons. The number of hydrogen-bond acceptors (Lipinski definition) is 2. The Morgan fingerprint density at radius 1 is 1.00 bits per heavy atom. The summed E-state index contributed by atoms with van der Waals surface area (Å²) in [6, 6.07) is 5.99. The van der Waals surface area contributed by atoms with E-state index in [4.69, 9.17) is 0 Å². The van der Waals surface area contributed by atoms with Crippen molar-refractivity contribution in [3.63, 3.8) is 0 Å². The summed E-state index contributed by atoms with van der Waals surface area (Å²) in [5, 5.41) is 0. The number of aryl methyl sites for hydroxylation is 1. The molecule has 1 aromatic rings. The van der Waals surface area contributed by atoms with Crippen LogP contribution in [0.15, 0.2) is 18.2 Å². The van der Waals surface area contributed by atoms with Gasteiger partial charge in [-0.3, -0.25) is 9.59 Å². The Morgan fingerprint density at radius 3 is 1.95 bits per heavy atom. The maximum atomic E-state index is 12.9. The van der Waals surface area contributed by atoms with Crippen molar-refractivity contribution in [2.75, 3.05) is 0 Å². The van der Waals surface area contributed by atoms with Gasteiger partial charge < -0.3 is 0 Å². The van der Waals surface area contributed by atoms with Gasteiger partial charge in [0.1, 0.15) is 5.78 Å². The normalized spacial score (nSPS) is 12.6. The lowest BCUT2D eigenvalue weighted by molar-refractivity contribution is -0.127. The maximum absolute atomic E-state index is 12.9. The van der Waals surface area contributed by atoms with E-state index in [9.17, 15) is 9.59 Å². The first kappa shape index (κ1) is 17.6. The van der Waals surface area contributed by atoms with E-state index in [-0.39, 0.29) is 22.9 Å². The number of hydrogen-bond donors (Lipinski definition) is 0. The fraction of sp³-hybridized carbons (Fsp3) is 0.579. The van der Waals surface area contributed by atoms with Crippen LogP contribution >= 0.6 is 0 Å². The molecule has 1 rings (SSSR count). The highest BCUT2D eigenvalue weighted by Crippen LogP contribution is 2.31. The van der Waals surface area contributed by atoms with Crippen molar-refractivity contribution in [1.82, 2.24) is 0 Å². The SMILES string of the molecule is Cc1ccc(C(C)(C)C)cc1C(=O)C(C)(C)C(=O)C(C)C. The van der Waals surface area contributed by atoms with E-state index in [0.29, 0.717) is 5.56 Å². The van der Waals surface area contributed by atoms with Crippen molar-refractivity contribution in [2.45, 2.75) is 60.8 Å². The van der Waals surface area contributed by atoms with E-state index in [1.165, 1.54) is 0 Å². The Morgan fingerprint density at radius 2 is 1.52 bits per heavy atom. The van der Waals surface area contributed by atoms with E-state index in [0.717, 1.165) is 11.1 Å². The van der Waals surface area contributed by atoms with E-state index in [2.05, 4.69) is 26.8 Å². The molecular weight excluding hydrogens is 260 g/mol. The van der Waals surface area contributed by atoms with Crippen LogP contribution in [0.2, 0.25) is 0 Å². The van der Waals surface area contributed by atoms with Crippen LogP contribution < -0.4 is 0 Å². The summed E-state index contributed by atoms with van der Waals surface area (Å²) in [6.45, 7) is 15.5. The predicted molar refractivity (Wildman–Crippen MR) is 87.8 cm³/mol. The van der Waals surface area contributed by atoms with Crippen LogP contribution in [0.5, 0.6) is 0 Å². The van der Waals surface area contributed by atoms with Crippen LogP contribution in [0.3, 0.4) is 0 Å². The molecule has 0 N–H and O–H groups in total. The van der Waals surface area contributed by atoms with Gasteiger partial charge in [0, 0.05) is 11.5 Å². The molecule has 0 unspecified atom stereocenters. The number of carbonyl (C=O) groups excluding carboxylic acids is 2. The van der Waals surface area contributed by atoms with Gasteiger partial charge in [-0.15, -0.1) is 0 Å². The maximum Gasteiger partial charge on any atom is 0.176 e. The Hall–Kier alpha value is -1.44. The Balaban J connectivity index is 3.34.